The maximum atomic E-state index is 14.0. The zero-order valence-corrected chi connectivity index (χ0v) is 19.2. The second-order valence-corrected chi connectivity index (χ2v) is 7.92. The van der Waals surface area contributed by atoms with Crippen molar-refractivity contribution in [3.8, 4) is 5.75 Å². The summed E-state index contributed by atoms with van der Waals surface area (Å²) in [6.07, 6.45) is 7.99. The van der Waals surface area contributed by atoms with Crippen molar-refractivity contribution in [2.75, 3.05) is 32.8 Å². The van der Waals surface area contributed by atoms with Crippen LogP contribution >= 0.6 is 0 Å². The fourth-order valence-corrected chi connectivity index (χ4v) is 3.77. The van der Waals surface area contributed by atoms with Gasteiger partial charge in [0.15, 0.2) is 11.6 Å². The maximum absolute atomic E-state index is 14.0. The molecule has 0 spiro atoms. The van der Waals surface area contributed by atoms with Crippen LogP contribution in [-0.2, 0) is 32.7 Å². The number of hydrogen-bond acceptors (Lipinski definition) is 1. The Kier molecular flexibility index (Phi) is 10.8. The molecule has 2 rings (SSSR count). The van der Waals surface area contributed by atoms with Gasteiger partial charge in [-0.25, -0.2) is 4.39 Å². The molecule has 139 valence electrons. The van der Waals surface area contributed by atoms with E-state index in [0.717, 1.165) is 22.5 Å². The van der Waals surface area contributed by atoms with Gasteiger partial charge in [-0.3, -0.25) is 0 Å². The smallest absolute Gasteiger partial charge is 0.165 e. The standard InChI is InChI=1S/C21H35FNO.Y/c1-18(2)12-15-23(13-7-5-4-6-8-14-23)16-17-24-21-19(3)10-9-11-20(21)22;/h9-11,18H,4-8,12-17H2,1-3H3;/q+1;. The molecule has 1 aliphatic rings. The number of halogens is 1. The van der Waals surface area contributed by atoms with Gasteiger partial charge in [-0.15, -0.1) is 0 Å². The van der Waals surface area contributed by atoms with E-state index in [1.807, 2.05) is 13.0 Å². The molecule has 25 heavy (non-hydrogen) atoms. The predicted molar refractivity (Wildman–Crippen MR) is 98.9 cm³/mol. The van der Waals surface area contributed by atoms with Crippen LogP contribution < -0.4 is 4.74 Å². The zero-order chi connectivity index (χ0) is 17.4. The zero-order valence-electron chi connectivity index (χ0n) is 16.4. The second-order valence-electron chi connectivity index (χ2n) is 7.92. The molecule has 0 amide bonds. The van der Waals surface area contributed by atoms with Gasteiger partial charge in [0, 0.05) is 32.7 Å². The first-order valence-electron chi connectivity index (χ1n) is 9.75. The number of benzene rings is 1. The molecule has 2 nitrogen and oxygen atoms in total. The number of aryl methyl sites for hydroxylation is 1. The van der Waals surface area contributed by atoms with Gasteiger partial charge in [-0.1, -0.05) is 32.4 Å². The molecular weight excluding hydrogens is 390 g/mol. The Morgan fingerprint density at radius 1 is 1.04 bits per heavy atom. The summed E-state index contributed by atoms with van der Waals surface area (Å²) in [6, 6.07) is 5.14. The molecule has 1 saturated heterocycles. The van der Waals surface area contributed by atoms with Gasteiger partial charge in [0.2, 0.25) is 0 Å². The van der Waals surface area contributed by atoms with Gasteiger partial charge >= 0.3 is 0 Å². The number of likely N-dealkylation sites (tertiary alicyclic amines) is 1. The quantitative estimate of drug-likeness (QED) is 0.536. The molecule has 1 aromatic carbocycles. The Morgan fingerprint density at radius 3 is 2.28 bits per heavy atom. The van der Waals surface area contributed by atoms with Crippen molar-refractivity contribution < 1.29 is 46.3 Å². The summed E-state index contributed by atoms with van der Waals surface area (Å²) in [5, 5.41) is 0. The summed E-state index contributed by atoms with van der Waals surface area (Å²) < 4.78 is 21.0. The van der Waals surface area contributed by atoms with E-state index in [1.54, 1.807) is 6.07 Å². The van der Waals surface area contributed by atoms with Gasteiger partial charge in [0.25, 0.3) is 0 Å². The minimum absolute atomic E-state index is 0. The van der Waals surface area contributed by atoms with E-state index < -0.39 is 0 Å². The number of para-hydroxylation sites is 1. The van der Waals surface area contributed by atoms with Crippen molar-refractivity contribution in [1.82, 2.24) is 0 Å². The molecule has 0 aliphatic carbocycles. The monoisotopic (exact) mass is 425 g/mol. The fourth-order valence-electron chi connectivity index (χ4n) is 3.77. The van der Waals surface area contributed by atoms with Crippen LogP contribution in [-0.4, -0.2) is 37.3 Å². The van der Waals surface area contributed by atoms with Gasteiger partial charge in [0.05, 0.1) is 19.6 Å². The van der Waals surface area contributed by atoms with Crippen molar-refractivity contribution in [2.45, 2.75) is 59.3 Å². The summed E-state index contributed by atoms with van der Waals surface area (Å²) in [4.78, 5) is 0. The molecule has 0 saturated carbocycles. The second kappa shape index (κ2) is 11.7. The molecular formula is C21H35FNOY+. The summed E-state index contributed by atoms with van der Waals surface area (Å²) in [5.41, 5.74) is 0.886. The van der Waals surface area contributed by atoms with E-state index in [2.05, 4.69) is 13.8 Å². The van der Waals surface area contributed by atoms with E-state index in [0.29, 0.717) is 12.4 Å². The first kappa shape index (κ1) is 23.1. The minimum atomic E-state index is -0.239. The van der Waals surface area contributed by atoms with Gasteiger partial charge in [0.1, 0.15) is 13.2 Å². The van der Waals surface area contributed by atoms with Crippen LogP contribution in [0.25, 0.3) is 0 Å². The Bertz CT molecular complexity index is 478. The number of nitrogens with zero attached hydrogens (tertiary/aromatic N) is 1. The Labute approximate surface area is 179 Å². The molecule has 1 aromatic rings. The van der Waals surface area contributed by atoms with Crippen LogP contribution in [0, 0.1) is 18.7 Å². The molecule has 0 N–H and O–H groups in total. The van der Waals surface area contributed by atoms with Crippen molar-refractivity contribution >= 4 is 0 Å². The number of quaternary nitrogens is 1. The van der Waals surface area contributed by atoms with E-state index in [4.69, 9.17) is 4.74 Å². The molecule has 0 unspecified atom stereocenters. The Balaban J connectivity index is 0.00000312. The van der Waals surface area contributed by atoms with Crippen molar-refractivity contribution in [1.29, 1.82) is 0 Å². The molecule has 0 atom stereocenters. The molecule has 1 heterocycles. The summed E-state index contributed by atoms with van der Waals surface area (Å²) >= 11 is 0. The van der Waals surface area contributed by atoms with Gasteiger partial charge in [-0.05, 0) is 56.6 Å². The summed E-state index contributed by atoms with van der Waals surface area (Å²) in [7, 11) is 0. The van der Waals surface area contributed by atoms with Crippen LogP contribution in [0.15, 0.2) is 18.2 Å². The first-order chi connectivity index (χ1) is 11.5. The van der Waals surface area contributed by atoms with E-state index >= 15 is 0 Å². The summed E-state index contributed by atoms with van der Waals surface area (Å²) in [5.74, 6) is 0.933. The van der Waals surface area contributed by atoms with Crippen LogP contribution in [0.1, 0.15) is 57.9 Å². The van der Waals surface area contributed by atoms with E-state index in [1.165, 1.54) is 64.2 Å². The molecule has 1 fully saturated rings. The van der Waals surface area contributed by atoms with Crippen molar-refractivity contribution in [3.63, 3.8) is 0 Å². The van der Waals surface area contributed by atoms with Gasteiger partial charge < -0.3 is 9.22 Å². The SMILES string of the molecule is Cc1cccc(F)c1OCC[N+]1(CCC(C)C)CCCCCCC1.[Y]. The van der Waals surface area contributed by atoms with Gasteiger partial charge in [-0.2, -0.15) is 0 Å². The van der Waals surface area contributed by atoms with Crippen molar-refractivity contribution in [2.24, 2.45) is 5.92 Å². The molecule has 4 heteroatoms. The van der Waals surface area contributed by atoms with Crippen LogP contribution in [0.2, 0.25) is 0 Å². The van der Waals surface area contributed by atoms with E-state index in [9.17, 15) is 4.39 Å². The Hall–Kier alpha value is 0.0139. The molecule has 1 radical (unpaired) electrons. The third-order valence-electron chi connectivity index (χ3n) is 5.42. The van der Waals surface area contributed by atoms with Crippen molar-refractivity contribution in [3.05, 3.63) is 29.6 Å². The predicted octanol–water partition coefficient (Wildman–Crippen LogP) is 5.34. The normalized spacial score (nSPS) is 17.5. The number of rotatable bonds is 7. The Morgan fingerprint density at radius 2 is 1.68 bits per heavy atom. The van der Waals surface area contributed by atoms with Crippen LogP contribution in [0.5, 0.6) is 5.75 Å². The fraction of sp³-hybridized carbons (Fsp3) is 0.714. The van der Waals surface area contributed by atoms with Crippen LogP contribution in [0.4, 0.5) is 4.39 Å². The number of ether oxygens (including phenoxy) is 1. The van der Waals surface area contributed by atoms with E-state index in [-0.39, 0.29) is 38.5 Å². The topological polar surface area (TPSA) is 9.23 Å². The summed E-state index contributed by atoms with van der Waals surface area (Å²) in [6.45, 7) is 11.9. The third-order valence-corrected chi connectivity index (χ3v) is 5.42. The minimum Gasteiger partial charge on any atom is -0.484 e. The average Bonchev–Trinajstić information content (AvgIpc) is 2.51. The van der Waals surface area contributed by atoms with Crippen LogP contribution in [0.3, 0.4) is 0 Å². The third kappa shape index (κ3) is 7.65. The molecule has 0 bridgehead atoms. The first-order valence-corrected chi connectivity index (χ1v) is 9.75. The molecule has 0 aromatic heterocycles. The number of hydrogen-bond donors (Lipinski definition) is 0. The maximum Gasteiger partial charge on any atom is 0.165 e. The average molecular weight is 425 g/mol. The molecule has 1 aliphatic heterocycles. The largest absolute Gasteiger partial charge is 0.484 e.